The number of carbonyl (C=O) groups excluding carboxylic acids is 1. The minimum atomic E-state index is -0.752. The number of rotatable bonds is 7. The topological polar surface area (TPSA) is 81.6 Å². The number of amides is 1. The zero-order chi connectivity index (χ0) is 13.4. The summed E-state index contributed by atoms with van der Waals surface area (Å²) in [6.07, 6.45) is 0.434. The minimum absolute atomic E-state index is 0.0308. The van der Waals surface area contributed by atoms with Crippen molar-refractivity contribution < 1.29 is 15.0 Å². The summed E-state index contributed by atoms with van der Waals surface area (Å²) < 4.78 is 0. The number of nitrogens with one attached hydrogen (secondary N) is 2. The van der Waals surface area contributed by atoms with Crippen LogP contribution in [0.2, 0.25) is 0 Å². The predicted molar refractivity (Wildman–Crippen MR) is 70.4 cm³/mol. The smallest absolute Gasteiger partial charge is 0.220 e. The van der Waals surface area contributed by atoms with Crippen LogP contribution < -0.4 is 10.6 Å². The molecule has 1 rings (SSSR count). The first-order valence-electron chi connectivity index (χ1n) is 5.98. The van der Waals surface area contributed by atoms with Gasteiger partial charge in [-0.05, 0) is 24.1 Å². The van der Waals surface area contributed by atoms with E-state index in [9.17, 15) is 9.90 Å². The van der Waals surface area contributed by atoms with Crippen molar-refractivity contribution in [2.75, 3.05) is 25.5 Å². The highest BCUT2D eigenvalue weighted by molar-refractivity contribution is 5.75. The fourth-order valence-electron chi connectivity index (χ4n) is 1.47. The monoisotopic (exact) mass is 252 g/mol. The lowest BCUT2D eigenvalue weighted by Crippen LogP contribution is -2.22. The molecule has 0 heterocycles. The molecule has 0 saturated heterocycles. The summed E-state index contributed by atoms with van der Waals surface area (Å²) >= 11 is 0. The lowest BCUT2D eigenvalue weighted by atomic mass is 10.1. The van der Waals surface area contributed by atoms with Crippen LogP contribution in [0.25, 0.3) is 0 Å². The van der Waals surface area contributed by atoms with Crippen molar-refractivity contribution in [1.29, 1.82) is 0 Å². The molecule has 0 aliphatic carbocycles. The Balaban J connectivity index is 2.40. The third-order valence-electron chi connectivity index (χ3n) is 2.63. The van der Waals surface area contributed by atoms with Crippen LogP contribution >= 0.6 is 0 Å². The van der Waals surface area contributed by atoms with Gasteiger partial charge in [0.2, 0.25) is 5.91 Å². The Morgan fingerprint density at radius 1 is 1.33 bits per heavy atom. The van der Waals surface area contributed by atoms with Crippen LogP contribution in [0, 0.1) is 0 Å². The molecule has 5 nitrogen and oxygen atoms in total. The summed E-state index contributed by atoms with van der Waals surface area (Å²) in [7, 11) is 1.63. The van der Waals surface area contributed by atoms with Gasteiger partial charge >= 0.3 is 0 Å². The molecule has 0 spiro atoms. The molecule has 0 fully saturated rings. The van der Waals surface area contributed by atoms with Crippen molar-refractivity contribution in [3.05, 3.63) is 29.8 Å². The molecule has 0 saturated carbocycles. The summed E-state index contributed by atoms with van der Waals surface area (Å²) in [5.74, 6) is 0.0308. The average molecular weight is 252 g/mol. The number of aryl methyl sites for hydroxylation is 1. The largest absolute Gasteiger partial charge is 0.394 e. The standard InChI is InChI=1S/C13H20N2O3/c1-14-13(18)7-4-10-2-5-11(6-3-10)15-8-12(17)9-16/h2-3,5-6,12,15-17H,4,7-9H2,1H3,(H,14,18). The van der Waals surface area contributed by atoms with Crippen molar-refractivity contribution in [1.82, 2.24) is 5.32 Å². The molecular weight excluding hydrogens is 232 g/mol. The van der Waals surface area contributed by atoms with E-state index >= 15 is 0 Å². The maximum Gasteiger partial charge on any atom is 0.220 e. The normalized spacial score (nSPS) is 11.9. The Bertz CT molecular complexity index is 365. The van der Waals surface area contributed by atoms with Crippen molar-refractivity contribution in [2.24, 2.45) is 0 Å². The van der Waals surface area contributed by atoms with E-state index in [1.165, 1.54) is 0 Å². The molecule has 0 bridgehead atoms. The average Bonchev–Trinajstić information content (AvgIpc) is 2.43. The van der Waals surface area contributed by atoms with Crippen LogP contribution in [0.15, 0.2) is 24.3 Å². The third kappa shape index (κ3) is 5.16. The van der Waals surface area contributed by atoms with Crippen LogP contribution in [-0.2, 0) is 11.2 Å². The molecule has 100 valence electrons. The lowest BCUT2D eigenvalue weighted by Gasteiger charge is -2.10. The van der Waals surface area contributed by atoms with Gasteiger partial charge in [0.15, 0.2) is 0 Å². The van der Waals surface area contributed by atoms with Gasteiger partial charge in [0.1, 0.15) is 0 Å². The van der Waals surface area contributed by atoms with Crippen LogP contribution in [-0.4, -0.2) is 42.4 Å². The first-order valence-corrected chi connectivity index (χ1v) is 5.98. The molecule has 4 N–H and O–H groups in total. The second-order valence-electron chi connectivity index (χ2n) is 4.09. The predicted octanol–water partition coefficient (Wildman–Crippen LogP) is 0.130. The summed E-state index contributed by atoms with van der Waals surface area (Å²) in [6, 6.07) is 7.67. The zero-order valence-corrected chi connectivity index (χ0v) is 10.5. The van der Waals surface area contributed by atoms with Crippen LogP contribution in [0.1, 0.15) is 12.0 Å². The van der Waals surface area contributed by atoms with Crippen molar-refractivity contribution in [2.45, 2.75) is 18.9 Å². The van der Waals surface area contributed by atoms with Crippen molar-refractivity contribution in [3.8, 4) is 0 Å². The number of aliphatic hydroxyl groups excluding tert-OH is 2. The summed E-state index contributed by atoms with van der Waals surface area (Å²) in [5.41, 5.74) is 1.97. The number of carbonyl (C=O) groups is 1. The number of benzene rings is 1. The van der Waals surface area contributed by atoms with Gasteiger partial charge in [0, 0.05) is 25.7 Å². The maximum atomic E-state index is 11.1. The quantitative estimate of drug-likeness (QED) is 0.556. The van der Waals surface area contributed by atoms with E-state index in [4.69, 9.17) is 5.11 Å². The van der Waals surface area contributed by atoms with Crippen LogP contribution in [0.5, 0.6) is 0 Å². The van der Waals surface area contributed by atoms with E-state index in [1.54, 1.807) is 7.05 Å². The van der Waals surface area contributed by atoms with E-state index in [0.29, 0.717) is 19.4 Å². The van der Waals surface area contributed by atoms with Gasteiger partial charge in [-0.1, -0.05) is 12.1 Å². The SMILES string of the molecule is CNC(=O)CCc1ccc(NCC(O)CO)cc1. The molecule has 0 aliphatic rings. The van der Waals surface area contributed by atoms with Crippen molar-refractivity contribution in [3.63, 3.8) is 0 Å². The molecule has 1 aromatic carbocycles. The molecule has 5 heteroatoms. The fourth-order valence-corrected chi connectivity index (χ4v) is 1.47. The zero-order valence-electron chi connectivity index (χ0n) is 10.5. The van der Waals surface area contributed by atoms with Gasteiger partial charge in [0.05, 0.1) is 12.7 Å². The Morgan fingerprint density at radius 3 is 2.56 bits per heavy atom. The van der Waals surface area contributed by atoms with Crippen LogP contribution in [0.4, 0.5) is 5.69 Å². The van der Waals surface area contributed by atoms with E-state index in [-0.39, 0.29) is 12.5 Å². The van der Waals surface area contributed by atoms with Gasteiger partial charge in [-0.2, -0.15) is 0 Å². The van der Waals surface area contributed by atoms with Gasteiger partial charge < -0.3 is 20.8 Å². The van der Waals surface area contributed by atoms with Gasteiger partial charge in [-0.3, -0.25) is 4.79 Å². The first-order chi connectivity index (χ1) is 8.65. The first kappa shape index (κ1) is 14.5. The second-order valence-corrected chi connectivity index (χ2v) is 4.09. The number of anilines is 1. The Kier molecular flexibility index (Phi) is 6.18. The lowest BCUT2D eigenvalue weighted by molar-refractivity contribution is -0.120. The number of hydrogen-bond acceptors (Lipinski definition) is 4. The summed E-state index contributed by atoms with van der Waals surface area (Å²) in [5, 5.41) is 23.5. The Labute approximate surface area is 107 Å². The van der Waals surface area contributed by atoms with E-state index in [0.717, 1.165) is 11.3 Å². The number of hydrogen-bond donors (Lipinski definition) is 4. The highest BCUT2D eigenvalue weighted by Gasteiger charge is 2.02. The van der Waals surface area contributed by atoms with Gasteiger partial charge in [-0.25, -0.2) is 0 Å². The molecule has 1 unspecified atom stereocenters. The van der Waals surface area contributed by atoms with Crippen LogP contribution in [0.3, 0.4) is 0 Å². The highest BCUT2D eigenvalue weighted by Crippen LogP contribution is 2.11. The molecule has 1 amide bonds. The van der Waals surface area contributed by atoms with E-state index in [1.807, 2.05) is 24.3 Å². The molecule has 0 aliphatic heterocycles. The fraction of sp³-hybridized carbons (Fsp3) is 0.462. The van der Waals surface area contributed by atoms with Crippen molar-refractivity contribution >= 4 is 11.6 Å². The molecule has 0 aromatic heterocycles. The summed E-state index contributed by atoms with van der Waals surface area (Å²) in [4.78, 5) is 11.1. The van der Waals surface area contributed by atoms with E-state index < -0.39 is 6.10 Å². The Hall–Kier alpha value is -1.59. The molecule has 1 atom stereocenters. The highest BCUT2D eigenvalue weighted by atomic mass is 16.3. The van der Waals surface area contributed by atoms with Gasteiger partial charge in [-0.15, -0.1) is 0 Å². The minimum Gasteiger partial charge on any atom is -0.394 e. The molecule has 1 aromatic rings. The van der Waals surface area contributed by atoms with E-state index in [2.05, 4.69) is 10.6 Å². The molecular formula is C13H20N2O3. The van der Waals surface area contributed by atoms with Gasteiger partial charge in [0.25, 0.3) is 0 Å². The third-order valence-corrected chi connectivity index (χ3v) is 2.63. The molecule has 0 radical (unpaired) electrons. The Morgan fingerprint density at radius 2 is 2.00 bits per heavy atom. The summed E-state index contributed by atoms with van der Waals surface area (Å²) in [6.45, 7) is 0.0608. The maximum absolute atomic E-state index is 11.1. The number of aliphatic hydroxyl groups is 2. The second kappa shape index (κ2) is 7.68. The molecule has 18 heavy (non-hydrogen) atoms.